The van der Waals surface area contributed by atoms with Gasteiger partial charge in [0.15, 0.2) is 0 Å². The lowest BCUT2D eigenvalue weighted by atomic mass is 10.2. The van der Waals surface area contributed by atoms with Crippen LogP contribution >= 0.6 is 0 Å². The average molecular weight is 231 g/mol. The number of nitrogens with one attached hydrogen (secondary N) is 1. The fraction of sp³-hybridized carbons (Fsp3) is 0.357. The predicted octanol–water partition coefficient (Wildman–Crippen LogP) is 1.90. The molecular formula is C14H17NO2. The van der Waals surface area contributed by atoms with Gasteiger partial charge in [-0.2, -0.15) is 0 Å². The zero-order chi connectivity index (χ0) is 12.5. The third-order valence-electron chi connectivity index (χ3n) is 2.18. The summed E-state index contributed by atoms with van der Waals surface area (Å²) in [5.74, 6) is 3.22. The summed E-state index contributed by atoms with van der Waals surface area (Å²) in [4.78, 5) is 11.3. The number of ether oxygens (including phenoxy) is 1. The van der Waals surface area contributed by atoms with Crippen LogP contribution in [-0.4, -0.2) is 19.1 Å². The summed E-state index contributed by atoms with van der Waals surface area (Å²) in [7, 11) is 0. The Bertz CT molecular complexity index is 407. The minimum absolute atomic E-state index is 0.0343. The Hall–Kier alpha value is -1.95. The van der Waals surface area contributed by atoms with Gasteiger partial charge in [0.2, 0.25) is 5.91 Å². The molecule has 0 heterocycles. The van der Waals surface area contributed by atoms with Gasteiger partial charge in [-0.25, -0.2) is 0 Å². The maximum Gasteiger partial charge on any atom is 0.223 e. The summed E-state index contributed by atoms with van der Waals surface area (Å²) in [6.45, 7) is 2.91. The molecule has 0 spiro atoms. The Kier molecular flexibility index (Phi) is 5.67. The molecule has 1 aromatic rings. The molecule has 0 aliphatic carbocycles. The maximum absolute atomic E-state index is 11.3. The van der Waals surface area contributed by atoms with Gasteiger partial charge in [0, 0.05) is 13.0 Å². The zero-order valence-electron chi connectivity index (χ0n) is 10.0. The molecule has 1 N–H and O–H groups in total. The average Bonchev–Trinajstić information content (AvgIpc) is 2.29. The normalized spacial score (nSPS) is 9.41. The van der Waals surface area contributed by atoms with Crippen molar-refractivity contribution in [3.8, 4) is 18.1 Å². The molecule has 1 amide bonds. The zero-order valence-corrected chi connectivity index (χ0v) is 10.0. The lowest BCUT2D eigenvalue weighted by Gasteiger charge is -2.07. The van der Waals surface area contributed by atoms with Gasteiger partial charge in [-0.15, -0.1) is 12.3 Å². The first-order valence-electron chi connectivity index (χ1n) is 5.62. The van der Waals surface area contributed by atoms with Gasteiger partial charge in [-0.05, 0) is 24.6 Å². The first kappa shape index (κ1) is 13.1. The van der Waals surface area contributed by atoms with Gasteiger partial charge >= 0.3 is 0 Å². The van der Waals surface area contributed by atoms with Crippen LogP contribution in [-0.2, 0) is 4.79 Å². The molecule has 0 saturated heterocycles. The quantitative estimate of drug-likeness (QED) is 0.600. The number of benzene rings is 1. The predicted molar refractivity (Wildman–Crippen MR) is 67.8 cm³/mol. The highest BCUT2D eigenvalue weighted by molar-refractivity contribution is 5.75. The number of carbonyl (C=O) groups excluding carboxylic acids is 1. The summed E-state index contributed by atoms with van der Waals surface area (Å²) >= 11 is 0. The second kappa shape index (κ2) is 7.34. The van der Waals surface area contributed by atoms with Crippen molar-refractivity contribution >= 4 is 5.91 Å². The van der Waals surface area contributed by atoms with Crippen molar-refractivity contribution in [1.82, 2.24) is 5.32 Å². The third kappa shape index (κ3) is 5.62. The highest BCUT2D eigenvalue weighted by atomic mass is 16.5. The minimum Gasteiger partial charge on any atom is -0.493 e. The number of hydrogen-bond donors (Lipinski definition) is 1. The van der Waals surface area contributed by atoms with E-state index in [1.807, 2.05) is 31.2 Å². The van der Waals surface area contributed by atoms with Crippen molar-refractivity contribution in [1.29, 1.82) is 0 Å². The fourth-order valence-corrected chi connectivity index (χ4v) is 1.33. The lowest BCUT2D eigenvalue weighted by Crippen LogP contribution is -2.25. The minimum atomic E-state index is -0.0343. The Labute approximate surface area is 102 Å². The molecule has 0 radical (unpaired) electrons. The molecular weight excluding hydrogens is 214 g/mol. The first-order chi connectivity index (χ1) is 8.22. The van der Waals surface area contributed by atoms with Gasteiger partial charge in [-0.1, -0.05) is 12.1 Å². The smallest absolute Gasteiger partial charge is 0.223 e. The molecule has 0 unspecified atom stereocenters. The lowest BCUT2D eigenvalue weighted by molar-refractivity contribution is -0.121. The Balaban J connectivity index is 2.19. The summed E-state index contributed by atoms with van der Waals surface area (Å²) in [6, 6.07) is 7.75. The highest BCUT2D eigenvalue weighted by Gasteiger charge is 2.00. The van der Waals surface area contributed by atoms with E-state index < -0.39 is 0 Å². The monoisotopic (exact) mass is 231 g/mol. The highest BCUT2D eigenvalue weighted by Crippen LogP contribution is 2.12. The van der Waals surface area contributed by atoms with Crippen LogP contribution in [0.5, 0.6) is 5.75 Å². The van der Waals surface area contributed by atoms with Crippen molar-refractivity contribution in [2.75, 3.05) is 13.2 Å². The standard InChI is InChI=1S/C14H17NO2/c1-3-4-9-15-14(16)8-10-17-13-7-5-6-12(2)11-13/h1,5-7,11H,4,8-10H2,2H3,(H,15,16). The summed E-state index contributed by atoms with van der Waals surface area (Å²) in [5, 5.41) is 2.72. The van der Waals surface area contributed by atoms with Crippen molar-refractivity contribution in [2.45, 2.75) is 19.8 Å². The van der Waals surface area contributed by atoms with Crippen molar-refractivity contribution < 1.29 is 9.53 Å². The van der Waals surface area contributed by atoms with Crippen LogP contribution in [0.15, 0.2) is 24.3 Å². The molecule has 0 aromatic heterocycles. The van der Waals surface area contributed by atoms with E-state index in [0.29, 0.717) is 26.0 Å². The van der Waals surface area contributed by atoms with Crippen molar-refractivity contribution in [2.24, 2.45) is 0 Å². The van der Waals surface area contributed by atoms with Crippen LogP contribution in [0.2, 0.25) is 0 Å². The molecule has 90 valence electrons. The molecule has 0 aliphatic heterocycles. The molecule has 3 nitrogen and oxygen atoms in total. The molecule has 3 heteroatoms. The van der Waals surface area contributed by atoms with Crippen LogP contribution in [0.3, 0.4) is 0 Å². The Morgan fingerprint density at radius 1 is 1.53 bits per heavy atom. The third-order valence-corrected chi connectivity index (χ3v) is 2.18. The van der Waals surface area contributed by atoms with Crippen LogP contribution in [0.25, 0.3) is 0 Å². The number of amides is 1. The first-order valence-corrected chi connectivity index (χ1v) is 5.62. The van der Waals surface area contributed by atoms with Gasteiger partial charge in [0.1, 0.15) is 5.75 Å². The molecule has 0 bridgehead atoms. The van der Waals surface area contributed by atoms with E-state index in [9.17, 15) is 4.79 Å². The molecule has 0 fully saturated rings. The molecule has 1 aromatic carbocycles. The van der Waals surface area contributed by atoms with Crippen molar-refractivity contribution in [3.63, 3.8) is 0 Å². The van der Waals surface area contributed by atoms with Crippen LogP contribution < -0.4 is 10.1 Å². The number of carbonyl (C=O) groups is 1. The van der Waals surface area contributed by atoms with E-state index in [0.717, 1.165) is 11.3 Å². The van der Waals surface area contributed by atoms with Crippen LogP contribution in [0.4, 0.5) is 0 Å². The SMILES string of the molecule is C#CCCNC(=O)CCOc1cccc(C)c1. The molecule has 17 heavy (non-hydrogen) atoms. The maximum atomic E-state index is 11.3. The topological polar surface area (TPSA) is 38.3 Å². The van der Waals surface area contributed by atoms with Crippen molar-refractivity contribution in [3.05, 3.63) is 29.8 Å². The van der Waals surface area contributed by atoms with Gasteiger partial charge in [0.25, 0.3) is 0 Å². The van der Waals surface area contributed by atoms with Gasteiger partial charge in [-0.3, -0.25) is 4.79 Å². The molecule has 1 rings (SSSR count). The van der Waals surface area contributed by atoms with Gasteiger partial charge in [0.05, 0.1) is 13.0 Å². The Morgan fingerprint density at radius 2 is 2.35 bits per heavy atom. The summed E-state index contributed by atoms with van der Waals surface area (Å²) in [5.41, 5.74) is 1.14. The fourth-order valence-electron chi connectivity index (χ4n) is 1.33. The van der Waals surface area contributed by atoms with Gasteiger partial charge < -0.3 is 10.1 Å². The summed E-state index contributed by atoms with van der Waals surface area (Å²) < 4.78 is 5.46. The second-order valence-electron chi connectivity index (χ2n) is 3.72. The number of terminal acetylenes is 1. The number of rotatable bonds is 6. The molecule has 0 saturated carbocycles. The Morgan fingerprint density at radius 3 is 3.06 bits per heavy atom. The van der Waals surface area contributed by atoms with Crippen LogP contribution in [0.1, 0.15) is 18.4 Å². The van der Waals surface area contributed by atoms with E-state index in [4.69, 9.17) is 11.2 Å². The second-order valence-corrected chi connectivity index (χ2v) is 3.72. The van der Waals surface area contributed by atoms with E-state index >= 15 is 0 Å². The molecule has 0 atom stereocenters. The van der Waals surface area contributed by atoms with E-state index in [1.54, 1.807) is 0 Å². The number of aryl methyl sites for hydroxylation is 1. The largest absolute Gasteiger partial charge is 0.493 e. The molecule has 0 aliphatic rings. The van der Waals surface area contributed by atoms with E-state index in [-0.39, 0.29) is 5.91 Å². The number of hydrogen-bond acceptors (Lipinski definition) is 2. The summed E-state index contributed by atoms with van der Waals surface area (Å²) in [6.07, 6.45) is 5.98. The van der Waals surface area contributed by atoms with E-state index in [2.05, 4.69) is 11.2 Å². The van der Waals surface area contributed by atoms with Crippen LogP contribution in [0, 0.1) is 19.3 Å². The van der Waals surface area contributed by atoms with E-state index in [1.165, 1.54) is 0 Å².